The van der Waals surface area contributed by atoms with Gasteiger partial charge in [0.1, 0.15) is 18.1 Å². The molecule has 0 saturated carbocycles. The summed E-state index contributed by atoms with van der Waals surface area (Å²) in [5.74, 6) is -6.54. The summed E-state index contributed by atoms with van der Waals surface area (Å²) < 4.78 is 0. The van der Waals surface area contributed by atoms with Crippen molar-refractivity contribution in [2.45, 2.75) is 69.6 Å². The molecule has 182 valence electrons. The fraction of sp³-hybridized carbons (Fsp3) is 0.667. The normalized spacial score (nSPS) is 14.3. The summed E-state index contributed by atoms with van der Waals surface area (Å²) in [7, 11) is 0. The second-order valence-electron chi connectivity index (χ2n) is 7.11. The average Bonchev–Trinajstić information content (AvgIpc) is 2.69. The molecule has 14 nitrogen and oxygen atoms in total. The molecule has 0 rings (SSSR count). The Hall–Kier alpha value is -3.26. The first-order valence-electron chi connectivity index (χ1n) is 9.92. The fourth-order valence-corrected chi connectivity index (χ4v) is 2.52. The Labute approximate surface area is 184 Å². The molecule has 0 aromatic carbocycles. The van der Waals surface area contributed by atoms with Gasteiger partial charge in [-0.2, -0.15) is 0 Å². The number of carbonyl (C=O) groups excluding carboxylic acids is 3. The van der Waals surface area contributed by atoms with Crippen molar-refractivity contribution in [3.63, 3.8) is 0 Å². The molecule has 0 spiro atoms. The van der Waals surface area contributed by atoms with E-state index in [-0.39, 0.29) is 12.8 Å². The van der Waals surface area contributed by atoms with Gasteiger partial charge >= 0.3 is 17.9 Å². The summed E-state index contributed by atoms with van der Waals surface area (Å²) in [6.45, 7) is 1.59. The number of rotatable bonds is 16. The number of carboxylic acid groups (broad SMARTS) is 3. The maximum Gasteiger partial charge on any atom is 0.326 e. The lowest BCUT2D eigenvalue weighted by Gasteiger charge is -2.23. The van der Waals surface area contributed by atoms with Crippen molar-refractivity contribution >= 4 is 35.6 Å². The number of carbonyl (C=O) groups is 6. The molecule has 0 fully saturated rings. The lowest BCUT2D eigenvalue weighted by atomic mass is 10.1. The summed E-state index contributed by atoms with van der Waals surface area (Å²) in [5.41, 5.74) is 10.8. The van der Waals surface area contributed by atoms with Gasteiger partial charge in [0, 0.05) is 6.42 Å². The van der Waals surface area contributed by atoms with Gasteiger partial charge < -0.3 is 42.7 Å². The lowest BCUT2D eigenvalue weighted by Crippen LogP contribution is -2.56. The van der Waals surface area contributed by atoms with Gasteiger partial charge in [0.2, 0.25) is 17.7 Å². The standard InChI is InChI=1S/C18H31N5O9/c1-9(21-16(29)10(20)8-14(26)27)15(28)22-11(5-6-13(24)25)17(30)23-12(18(31)32)4-2-3-7-19/h9-12H,2-8,19-20H2,1H3,(H,21,29)(H,22,28)(H,23,30)(H,24,25)(H,26,27)(H,31,32). The van der Waals surface area contributed by atoms with E-state index in [1.807, 2.05) is 0 Å². The Bertz CT molecular complexity index is 700. The lowest BCUT2D eigenvalue weighted by molar-refractivity contribution is -0.143. The Morgan fingerprint density at radius 3 is 1.88 bits per heavy atom. The minimum absolute atomic E-state index is 0.0891. The molecule has 0 aromatic rings. The number of amides is 3. The summed E-state index contributed by atoms with van der Waals surface area (Å²) in [6, 6.07) is -5.28. The van der Waals surface area contributed by atoms with E-state index in [2.05, 4.69) is 16.0 Å². The van der Waals surface area contributed by atoms with E-state index in [4.69, 9.17) is 21.7 Å². The quantitative estimate of drug-likeness (QED) is 0.110. The molecular formula is C18H31N5O9. The molecule has 0 bridgehead atoms. The van der Waals surface area contributed by atoms with Gasteiger partial charge in [0.25, 0.3) is 0 Å². The minimum Gasteiger partial charge on any atom is -0.481 e. The van der Waals surface area contributed by atoms with Crippen molar-refractivity contribution in [1.29, 1.82) is 0 Å². The highest BCUT2D eigenvalue weighted by Crippen LogP contribution is 2.05. The third kappa shape index (κ3) is 11.8. The first-order chi connectivity index (χ1) is 14.9. The highest BCUT2D eigenvalue weighted by Gasteiger charge is 2.29. The van der Waals surface area contributed by atoms with E-state index in [0.717, 1.165) is 0 Å². The van der Waals surface area contributed by atoms with Gasteiger partial charge in [0.15, 0.2) is 0 Å². The fourth-order valence-electron chi connectivity index (χ4n) is 2.52. The second kappa shape index (κ2) is 14.7. The van der Waals surface area contributed by atoms with Crippen LogP contribution in [0.15, 0.2) is 0 Å². The molecule has 0 radical (unpaired) electrons. The summed E-state index contributed by atoms with van der Waals surface area (Å²) in [6.07, 6.45) is -0.426. The molecule has 0 aromatic heterocycles. The summed E-state index contributed by atoms with van der Waals surface area (Å²) in [4.78, 5) is 69.7. The van der Waals surface area contributed by atoms with Crippen LogP contribution in [0.3, 0.4) is 0 Å². The van der Waals surface area contributed by atoms with E-state index in [1.54, 1.807) is 0 Å². The van der Waals surface area contributed by atoms with Gasteiger partial charge in [-0.05, 0) is 39.2 Å². The van der Waals surface area contributed by atoms with E-state index in [1.165, 1.54) is 6.92 Å². The predicted octanol–water partition coefficient (Wildman–Crippen LogP) is -2.66. The van der Waals surface area contributed by atoms with Gasteiger partial charge in [-0.15, -0.1) is 0 Å². The second-order valence-corrected chi connectivity index (χ2v) is 7.11. The molecular weight excluding hydrogens is 430 g/mol. The van der Waals surface area contributed by atoms with Crippen molar-refractivity contribution in [3.8, 4) is 0 Å². The molecule has 0 saturated heterocycles. The van der Waals surface area contributed by atoms with Gasteiger partial charge in [-0.3, -0.25) is 24.0 Å². The molecule has 0 aliphatic carbocycles. The summed E-state index contributed by atoms with van der Waals surface area (Å²) in [5, 5.41) is 33.5. The maximum absolute atomic E-state index is 12.5. The van der Waals surface area contributed by atoms with Gasteiger partial charge in [0.05, 0.1) is 12.5 Å². The smallest absolute Gasteiger partial charge is 0.326 e. The number of hydrogen-bond donors (Lipinski definition) is 8. The maximum atomic E-state index is 12.5. The molecule has 0 heterocycles. The van der Waals surface area contributed by atoms with Crippen LogP contribution in [-0.2, 0) is 28.8 Å². The Kier molecular flexibility index (Phi) is 13.2. The zero-order chi connectivity index (χ0) is 24.8. The average molecular weight is 461 g/mol. The molecule has 14 heteroatoms. The van der Waals surface area contributed by atoms with E-state index in [9.17, 15) is 33.9 Å². The van der Waals surface area contributed by atoms with Gasteiger partial charge in [-0.1, -0.05) is 0 Å². The molecule has 10 N–H and O–H groups in total. The Morgan fingerprint density at radius 1 is 0.781 bits per heavy atom. The highest BCUT2D eigenvalue weighted by atomic mass is 16.4. The molecule has 4 unspecified atom stereocenters. The van der Waals surface area contributed by atoms with Crippen LogP contribution in [0.4, 0.5) is 0 Å². The number of aliphatic carboxylic acids is 3. The minimum atomic E-state index is -1.40. The molecule has 4 atom stereocenters. The first kappa shape index (κ1) is 28.7. The molecule has 32 heavy (non-hydrogen) atoms. The predicted molar refractivity (Wildman–Crippen MR) is 109 cm³/mol. The molecule has 0 aliphatic rings. The Morgan fingerprint density at radius 2 is 1.38 bits per heavy atom. The van der Waals surface area contributed by atoms with Crippen molar-refractivity contribution in [2.24, 2.45) is 11.5 Å². The topological polar surface area (TPSA) is 251 Å². The van der Waals surface area contributed by atoms with E-state index in [0.29, 0.717) is 19.4 Å². The Balaban J connectivity index is 5.15. The summed E-state index contributed by atoms with van der Waals surface area (Å²) >= 11 is 0. The van der Waals surface area contributed by atoms with Crippen molar-refractivity contribution < 1.29 is 44.1 Å². The number of hydrogen-bond acceptors (Lipinski definition) is 8. The van der Waals surface area contributed by atoms with Crippen molar-refractivity contribution in [1.82, 2.24) is 16.0 Å². The molecule has 0 aliphatic heterocycles. The number of unbranched alkanes of at least 4 members (excludes halogenated alkanes) is 1. The van der Waals surface area contributed by atoms with Crippen LogP contribution in [0.5, 0.6) is 0 Å². The van der Waals surface area contributed by atoms with Crippen molar-refractivity contribution in [2.75, 3.05) is 6.54 Å². The van der Waals surface area contributed by atoms with Crippen LogP contribution >= 0.6 is 0 Å². The zero-order valence-electron chi connectivity index (χ0n) is 17.7. The largest absolute Gasteiger partial charge is 0.481 e. The van der Waals surface area contributed by atoms with Crippen molar-refractivity contribution in [3.05, 3.63) is 0 Å². The monoisotopic (exact) mass is 461 g/mol. The third-order valence-electron chi connectivity index (χ3n) is 4.32. The third-order valence-corrected chi connectivity index (χ3v) is 4.32. The number of nitrogens with one attached hydrogen (secondary N) is 3. The zero-order valence-corrected chi connectivity index (χ0v) is 17.7. The van der Waals surface area contributed by atoms with E-state index < -0.39 is 72.6 Å². The van der Waals surface area contributed by atoms with Crippen LogP contribution in [-0.4, -0.2) is 81.7 Å². The molecule has 3 amide bonds. The van der Waals surface area contributed by atoms with Crippen LogP contribution < -0.4 is 27.4 Å². The first-order valence-corrected chi connectivity index (χ1v) is 9.92. The van der Waals surface area contributed by atoms with E-state index >= 15 is 0 Å². The highest BCUT2D eigenvalue weighted by molar-refractivity contribution is 5.94. The van der Waals surface area contributed by atoms with Gasteiger partial charge in [-0.25, -0.2) is 4.79 Å². The SMILES string of the molecule is CC(NC(=O)C(N)CC(=O)O)C(=O)NC(CCC(=O)O)C(=O)NC(CCCCN)C(=O)O. The van der Waals surface area contributed by atoms with Crippen LogP contribution in [0.1, 0.15) is 45.4 Å². The number of carboxylic acids is 3. The van der Waals surface area contributed by atoms with Crippen LogP contribution in [0, 0.1) is 0 Å². The van der Waals surface area contributed by atoms with Crippen LogP contribution in [0.25, 0.3) is 0 Å². The van der Waals surface area contributed by atoms with Crippen LogP contribution in [0.2, 0.25) is 0 Å². The number of nitrogens with two attached hydrogens (primary N) is 2.